The molecule has 2 rings (SSSR count). The van der Waals surface area contributed by atoms with E-state index >= 15 is 0 Å². The average Bonchev–Trinajstić information content (AvgIpc) is 2.76. The van der Waals surface area contributed by atoms with Crippen molar-refractivity contribution >= 4 is 11.6 Å². The first kappa shape index (κ1) is 13.1. The van der Waals surface area contributed by atoms with Gasteiger partial charge in [-0.3, -0.25) is 10.1 Å². The van der Waals surface area contributed by atoms with Crippen molar-refractivity contribution in [3.05, 3.63) is 56.8 Å². The summed E-state index contributed by atoms with van der Waals surface area (Å²) < 4.78 is 5.11. The first-order valence-electron chi connectivity index (χ1n) is 6.02. The summed E-state index contributed by atoms with van der Waals surface area (Å²) in [5.74, 6) is 0.320. The van der Waals surface area contributed by atoms with Gasteiger partial charge in [0.25, 0.3) is 0 Å². The third kappa shape index (κ3) is 2.93. The molecule has 0 aliphatic carbocycles. The van der Waals surface area contributed by atoms with E-state index in [2.05, 4.69) is 24.4 Å². The minimum absolute atomic E-state index is 0.228. The number of rotatable bonds is 4. The monoisotopic (exact) mass is 260 g/mol. The lowest BCUT2D eigenvalue weighted by Gasteiger charge is -2.12. The minimum atomic E-state index is -0.536. The van der Waals surface area contributed by atoms with Crippen molar-refractivity contribution in [2.45, 2.75) is 27.3 Å². The predicted octanol–water partition coefficient (Wildman–Crippen LogP) is 3.73. The molecule has 0 unspecified atom stereocenters. The van der Waals surface area contributed by atoms with Gasteiger partial charge in [0.1, 0.15) is 10.7 Å². The highest BCUT2D eigenvalue weighted by Crippen LogP contribution is 2.23. The Labute approximate surface area is 111 Å². The van der Waals surface area contributed by atoms with Gasteiger partial charge in [-0.25, -0.2) is 0 Å². The summed E-state index contributed by atoms with van der Waals surface area (Å²) >= 11 is 0. The molecule has 5 heteroatoms. The molecular formula is C14H16N2O3. The molecule has 1 aromatic heterocycles. The number of hydrogen-bond donors (Lipinski definition) is 1. The Hall–Kier alpha value is -2.30. The molecule has 0 atom stereocenters. The Morgan fingerprint density at radius 3 is 2.37 bits per heavy atom. The van der Waals surface area contributed by atoms with E-state index in [1.807, 2.05) is 13.8 Å². The SMILES string of the molecule is Cc1cc(C)c(NCc2ccc([N+](=O)[O-])o2)c(C)c1. The van der Waals surface area contributed by atoms with Gasteiger partial charge in [0.15, 0.2) is 0 Å². The number of anilines is 1. The molecule has 0 spiro atoms. The van der Waals surface area contributed by atoms with Gasteiger partial charge in [-0.15, -0.1) is 0 Å². The molecule has 0 radical (unpaired) electrons. The van der Waals surface area contributed by atoms with Gasteiger partial charge in [-0.1, -0.05) is 17.7 Å². The first-order chi connectivity index (χ1) is 8.97. The molecule has 2 aromatic rings. The standard InChI is InChI=1S/C14H16N2O3/c1-9-6-10(2)14(11(3)7-9)15-8-12-4-5-13(19-12)16(17)18/h4-7,15H,8H2,1-3H3. The van der Waals surface area contributed by atoms with Gasteiger partial charge in [-0.05, 0) is 38.0 Å². The molecule has 0 fully saturated rings. The maximum absolute atomic E-state index is 10.5. The van der Waals surface area contributed by atoms with Crippen LogP contribution in [0.4, 0.5) is 11.6 Å². The Bertz CT molecular complexity index is 594. The smallest absolute Gasteiger partial charge is 0.404 e. The molecule has 0 aliphatic rings. The maximum Gasteiger partial charge on any atom is 0.433 e. The quantitative estimate of drug-likeness (QED) is 0.671. The van der Waals surface area contributed by atoms with Crippen molar-refractivity contribution in [1.82, 2.24) is 0 Å². The lowest BCUT2D eigenvalue weighted by molar-refractivity contribution is -0.402. The van der Waals surface area contributed by atoms with Crippen LogP contribution in [-0.2, 0) is 6.54 Å². The normalized spacial score (nSPS) is 10.5. The highest BCUT2D eigenvalue weighted by molar-refractivity contribution is 5.58. The summed E-state index contributed by atoms with van der Waals surface area (Å²) in [5.41, 5.74) is 4.57. The molecule has 5 nitrogen and oxygen atoms in total. The summed E-state index contributed by atoms with van der Waals surface area (Å²) in [4.78, 5) is 9.99. The average molecular weight is 260 g/mol. The van der Waals surface area contributed by atoms with Crippen LogP contribution in [0.3, 0.4) is 0 Å². The second-order valence-corrected chi connectivity index (χ2v) is 4.62. The zero-order valence-corrected chi connectivity index (χ0v) is 11.2. The zero-order valence-electron chi connectivity index (χ0n) is 11.2. The number of nitro groups is 1. The van der Waals surface area contributed by atoms with Crippen LogP contribution in [0.25, 0.3) is 0 Å². The topological polar surface area (TPSA) is 68.3 Å². The molecule has 0 aliphatic heterocycles. The molecule has 0 saturated heterocycles. The van der Waals surface area contributed by atoms with E-state index in [0.717, 1.165) is 16.8 Å². The van der Waals surface area contributed by atoms with Crippen LogP contribution in [0.2, 0.25) is 0 Å². The number of nitrogens with one attached hydrogen (secondary N) is 1. The van der Waals surface area contributed by atoms with Gasteiger partial charge < -0.3 is 9.73 Å². The Kier molecular flexibility index (Phi) is 3.55. The summed E-state index contributed by atoms with van der Waals surface area (Å²) in [6.07, 6.45) is 0. The molecule has 0 saturated carbocycles. The summed E-state index contributed by atoms with van der Waals surface area (Å²) in [5, 5.41) is 13.8. The highest BCUT2D eigenvalue weighted by atomic mass is 16.6. The third-order valence-corrected chi connectivity index (χ3v) is 2.94. The zero-order chi connectivity index (χ0) is 14.0. The van der Waals surface area contributed by atoms with Crippen LogP contribution >= 0.6 is 0 Å². The van der Waals surface area contributed by atoms with E-state index in [1.165, 1.54) is 11.6 Å². The van der Waals surface area contributed by atoms with Crippen molar-refractivity contribution in [3.63, 3.8) is 0 Å². The van der Waals surface area contributed by atoms with Crippen LogP contribution in [-0.4, -0.2) is 4.92 Å². The van der Waals surface area contributed by atoms with Crippen molar-refractivity contribution < 1.29 is 9.34 Å². The number of hydrogen-bond acceptors (Lipinski definition) is 4. The number of aryl methyl sites for hydroxylation is 3. The molecule has 100 valence electrons. The molecule has 1 N–H and O–H groups in total. The van der Waals surface area contributed by atoms with Gasteiger partial charge in [0.2, 0.25) is 0 Å². The summed E-state index contributed by atoms with van der Waals surface area (Å²) in [6.45, 7) is 6.55. The fourth-order valence-corrected chi connectivity index (χ4v) is 2.19. The van der Waals surface area contributed by atoms with E-state index < -0.39 is 4.92 Å². The van der Waals surface area contributed by atoms with Gasteiger partial charge in [0.05, 0.1) is 12.6 Å². The largest absolute Gasteiger partial charge is 0.433 e. The second-order valence-electron chi connectivity index (χ2n) is 4.62. The Morgan fingerprint density at radius 2 is 1.84 bits per heavy atom. The molecule has 19 heavy (non-hydrogen) atoms. The third-order valence-electron chi connectivity index (χ3n) is 2.94. The van der Waals surface area contributed by atoms with Crippen LogP contribution in [0.1, 0.15) is 22.5 Å². The van der Waals surface area contributed by atoms with Gasteiger partial charge >= 0.3 is 5.88 Å². The molecular weight excluding hydrogens is 244 g/mol. The first-order valence-corrected chi connectivity index (χ1v) is 6.02. The van der Waals surface area contributed by atoms with E-state index in [4.69, 9.17) is 4.42 Å². The van der Waals surface area contributed by atoms with Crippen molar-refractivity contribution in [3.8, 4) is 0 Å². The lowest BCUT2D eigenvalue weighted by atomic mass is 10.1. The molecule has 0 bridgehead atoms. The van der Waals surface area contributed by atoms with E-state index in [0.29, 0.717) is 12.3 Å². The second kappa shape index (κ2) is 5.14. The summed E-state index contributed by atoms with van der Waals surface area (Å²) in [6, 6.07) is 7.18. The fourth-order valence-electron chi connectivity index (χ4n) is 2.19. The number of benzene rings is 1. The van der Waals surface area contributed by atoms with Gasteiger partial charge in [0, 0.05) is 5.69 Å². The van der Waals surface area contributed by atoms with Crippen LogP contribution in [0.5, 0.6) is 0 Å². The van der Waals surface area contributed by atoms with Crippen molar-refractivity contribution in [2.24, 2.45) is 0 Å². The number of furan rings is 1. The van der Waals surface area contributed by atoms with Crippen LogP contribution in [0, 0.1) is 30.9 Å². The minimum Gasteiger partial charge on any atom is -0.404 e. The van der Waals surface area contributed by atoms with Crippen molar-refractivity contribution in [1.29, 1.82) is 0 Å². The van der Waals surface area contributed by atoms with E-state index in [-0.39, 0.29) is 5.88 Å². The summed E-state index contributed by atoms with van der Waals surface area (Å²) in [7, 11) is 0. The van der Waals surface area contributed by atoms with E-state index in [1.54, 1.807) is 6.07 Å². The van der Waals surface area contributed by atoms with Crippen LogP contribution in [0.15, 0.2) is 28.7 Å². The molecule has 1 heterocycles. The van der Waals surface area contributed by atoms with Crippen LogP contribution < -0.4 is 5.32 Å². The molecule has 0 amide bonds. The van der Waals surface area contributed by atoms with Gasteiger partial charge in [-0.2, -0.15) is 0 Å². The predicted molar refractivity (Wildman–Crippen MR) is 73.3 cm³/mol. The Balaban J connectivity index is 2.12. The van der Waals surface area contributed by atoms with Crippen molar-refractivity contribution in [2.75, 3.05) is 5.32 Å². The fraction of sp³-hybridized carbons (Fsp3) is 0.286. The Morgan fingerprint density at radius 1 is 1.21 bits per heavy atom. The lowest BCUT2D eigenvalue weighted by Crippen LogP contribution is -2.02. The number of nitrogens with zero attached hydrogens (tertiary/aromatic N) is 1. The molecule has 1 aromatic carbocycles. The van der Waals surface area contributed by atoms with E-state index in [9.17, 15) is 10.1 Å². The maximum atomic E-state index is 10.5. The highest BCUT2D eigenvalue weighted by Gasteiger charge is 2.12.